The lowest BCUT2D eigenvalue weighted by molar-refractivity contribution is -0.112. The van der Waals surface area contributed by atoms with Crippen molar-refractivity contribution in [3.8, 4) is 0 Å². The largest absolute Gasteiger partial charge is 0.294 e. The molecule has 0 aromatic carbocycles. The maximum Gasteiger partial charge on any atom is 0.167 e. The maximum atomic E-state index is 10.5. The van der Waals surface area contributed by atoms with Crippen LogP contribution in [-0.2, 0) is 4.79 Å². The summed E-state index contributed by atoms with van der Waals surface area (Å²) in [4.78, 5) is 10.5. The van der Waals surface area contributed by atoms with Crippen molar-refractivity contribution >= 4 is 23.9 Å². The van der Waals surface area contributed by atoms with E-state index in [2.05, 4.69) is 4.40 Å². The van der Waals surface area contributed by atoms with Crippen molar-refractivity contribution in [1.29, 1.82) is 0 Å². The average Bonchev–Trinajstić information content (AvgIpc) is 1.94. The van der Waals surface area contributed by atoms with E-state index in [1.54, 1.807) is 12.3 Å². The fourth-order valence-corrected chi connectivity index (χ4v) is 0.832. The molecule has 0 radical (unpaired) electrons. The van der Waals surface area contributed by atoms with Gasteiger partial charge in [-0.05, 0) is 24.1 Å². The minimum Gasteiger partial charge on any atom is -0.294 e. The topological polar surface area (TPSA) is 29.4 Å². The first-order valence-electron chi connectivity index (χ1n) is 2.24. The molecular formula is C5H5NOS. The van der Waals surface area contributed by atoms with Crippen LogP contribution in [0.15, 0.2) is 16.5 Å². The Hall–Kier alpha value is -0.570. The first-order chi connectivity index (χ1) is 3.89. The van der Waals surface area contributed by atoms with E-state index in [9.17, 15) is 4.79 Å². The fourth-order valence-electron chi connectivity index (χ4n) is 0.378. The minimum absolute atomic E-state index is 0.132. The predicted molar refractivity (Wildman–Crippen MR) is 35.1 cm³/mol. The lowest BCUT2D eigenvalue weighted by Crippen LogP contribution is -1.92. The van der Waals surface area contributed by atoms with Gasteiger partial charge in [-0.3, -0.25) is 4.79 Å². The van der Waals surface area contributed by atoms with Crippen LogP contribution in [0.1, 0.15) is 0 Å². The SMILES string of the molecule is O=C1C=CC=NSC1. The third-order valence-electron chi connectivity index (χ3n) is 0.710. The van der Waals surface area contributed by atoms with Crippen molar-refractivity contribution < 1.29 is 4.79 Å². The summed E-state index contributed by atoms with van der Waals surface area (Å²) in [5.74, 6) is 0.611. The van der Waals surface area contributed by atoms with Gasteiger partial charge in [-0.1, -0.05) is 0 Å². The van der Waals surface area contributed by atoms with Gasteiger partial charge >= 0.3 is 0 Å². The van der Waals surface area contributed by atoms with E-state index in [0.717, 1.165) is 0 Å². The zero-order chi connectivity index (χ0) is 5.82. The zero-order valence-electron chi connectivity index (χ0n) is 4.20. The molecule has 2 nitrogen and oxygen atoms in total. The van der Waals surface area contributed by atoms with Crippen LogP contribution in [-0.4, -0.2) is 17.8 Å². The Morgan fingerprint density at radius 2 is 2.62 bits per heavy atom. The van der Waals surface area contributed by atoms with Gasteiger partial charge in [-0.2, -0.15) is 0 Å². The molecule has 1 rings (SSSR count). The molecule has 1 heterocycles. The van der Waals surface area contributed by atoms with Crippen molar-refractivity contribution in [3.63, 3.8) is 0 Å². The molecule has 8 heavy (non-hydrogen) atoms. The van der Waals surface area contributed by atoms with Crippen LogP contribution in [0.2, 0.25) is 0 Å². The third kappa shape index (κ3) is 1.50. The van der Waals surface area contributed by atoms with Crippen LogP contribution in [0.25, 0.3) is 0 Å². The summed E-state index contributed by atoms with van der Waals surface area (Å²) in [6, 6.07) is 0. The molecule has 0 fully saturated rings. The smallest absolute Gasteiger partial charge is 0.167 e. The number of rotatable bonds is 0. The van der Waals surface area contributed by atoms with Crippen molar-refractivity contribution in [3.05, 3.63) is 12.2 Å². The Morgan fingerprint density at radius 1 is 1.75 bits per heavy atom. The molecule has 1 aliphatic rings. The maximum absolute atomic E-state index is 10.5. The third-order valence-corrected chi connectivity index (χ3v) is 1.39. The molecule has 0 aliphatic carbocycles. The second-order valence-corrected chi connectivity index (χ2v) is 2.11. The molecule has 0 aromatic rings. The number of nitrogens with zero attached hydrogens (tertiary/aromatic N) is 1. The van der Waals surface area contributed by atoms with Crippen molar-refractivity contribution in [1.82, 2.24) is 0 Å². The van der Waals surface area contributed by atoms with Crippen molar-refractivity contribution in [2.75, 3.05) is 5.75 Å². The molecule has 0 aromatic heterocycles. The second kappa shape index (κ2) is 2.67. The molecule has 0 atom stereocenters. The molecule has 0 saturated carbocycles. The quantitative estimate of drug-likeness (QED) is 0.451. The Bertz CT molecular complexity index is 151. The summed E-state index contributed by atoms with van der Waals surface area (Å²) >= 11 is 1.28. The van der Waals surface area contributed by atoms with Gasteiger partial charge < -0.3 is 0 Å². The Balaban J connectivity index is 2.58. The van der Waals surface area contributed by atoms with E-state index in [4.69, 9.17) is 0 Å². The van der Waals surface area contributed by atoms with Crippen LogP contribution in [0.5, 0.6) is 0 Å². The first kappa shape index (κ1) is 5.56. The number of allylic oxidation sites excluding steroid dienone is 2. The van der Waals surface area contributed by atoms with Gasteiger partial charge in [0.05, 0.1) is 5.75 Å². The van der Waals surface area contributed by atoms with Crippen molar-refractivity contribution in [2.24, 2.45) is 4.40 Å². The standard InChI is InChI=1S/C5H5NOS/c7-5-2-1-3-6-8-4-5/h1-3H,4H2. The Kier molecular flexibility index (Phi) is 1.86. The summed E-state index contributed by atoms with van der Waals surface area (Å²) in [5.41, 5.74) is 0. The predicted octanol–water partition coefficient (Wildman–Crippen LogP) is 0.844. The van der Waals surface area contributed by atoms with E-state index in [0.29, 0.717) is 5.75 Å². The van der Waals surface area contributed by atoms with Crippen LogP contribution in [0.3, 0.4) is 0 Å². The van der Waals surface area contributed by atoms with Gasteiger partial charge in [-0.15, -0.1) is 0 Å². The highest BCUT2D eigenvalue weighted by Crippen LogP contribution is 2.03. The van der Waals surface area contributed by atoms with Crippen LogP contribution in [0, 0.1) is 0 Å². The fraction of sp³-hybridized carbons (Fsp3) is 0.200. The lowest BCUT2D eigenvalue weighted by atomic mass is 10.4. The lowest BCUT2D eigenvalue weighted by Gasteiger charge is -1.81. The summed E-state index contributed by atoms with van der Waals surface area (Å²) in [6.07, 6.45) is 4.81. The average molecular weight is 127 g/mol. The molecule has 0 spiro atoms. The number of ketones is 1. The van der Waals surface area contributed by atoms with E-state index >= 15 is 0 Å². The number of hydrogen-bond acceptors (Lipinski definition) is 3. The zero-order valence-corrected chi connectivity index (χ0v) is 5.02. The summed E-state index contributed by atoms with van der Waals surface area (Å²) in [5, 5.41) is 0. The highest BCUT2D eigenvalue weighted by molar-refractivity contribution is 7.98. The summed E-state index contributed by atoms with van der Waals surface area (Å²) < 4.78 is 3.81. The molecule has 3 heteroatoms. The monoisotopic (exact) mass is 127 g/mol. The van der Waals surface area contributed by atoms with E-state index in [-0.39, 0.29) is 5.78 Å². The van der Waals surface area contributed by atoms with Gasteiger partial charge in [0.1, 0.15) is 0 Å². The van der Waals surface area contributed by atoms with Gasteiger partial charge in [0.2, 0.25) is 0 Å². The second-order valence-electron chi connectivity index (χ2n) is 1.35. The minimum atomic E-state index is 0.132. The number of hydrogen-bond donors (Lipinski definition) is 0. The summed E-state index contributed by atoms with van der Waals surface area (Å²) in [7, 11) is 0. The molecule has 0 N–H and O–H groups in total. The molecule has 0 amide bonds. The number of carbonyl (C=O) groups excluding carboxylic acids is 1. The highest BCUT2D eigenvalue weighted by Gasteiger charge is 1.95. The highest BCUT2D eigenvalue weighted by atomic mass is 32.2. The molecule has 1 aliphatic heterocycles. The normalized spacial score (nSPS) is 18.8. The molecule has 0 unspecified atom stereocenters. The van der Waals surface area contributed by atoms with Gasteiger partial charge in [0, 0.05) is 6.21 Å². The summed E-state index contributed by atoms with van der Waals surface area (Å²) in [6.45, 7) is 0. The van der Waals surface area contributed by atoms with E-state index < -0.39 is 0 Å². The molecule has 0 bridgehead atoms. The van der Waals surface area contributed by atoms with Crippen LogP contribution in [0.4, 0.5) is 0 Å². The van der Waals surface area contributed by atoms with Gasteiger partial charge in [-0.25, -0.2) is 4.40 Å². The molecular weight excluding hydrogens is 122 g/mol. The Morgan fingerprint density at radius 3 is 3.50 bits per heavy atom. The van der Waals surface area contributed by atoms with E-state index in [1.165, 1.54) is 18.0 Å². The van der Waals surface area contributed by atoms with E-state index in [1.807, 2.05) is 0 Å². The first-order valence-corrected chi connectivity index (χ1v) is 3.18. The van der Waals surface area contributed by atoms with Crippen LogP contribution >= 0.6 is 11.9 Å². The van der Waals surface area contributed by atoms with Gasteiger partial charge in [0.25, 0.3) is 0 Å². The molecule has 42 valence electrons. The van der Waals surface area contributed by atoms with Gasteiger partial charge in [0.15, 0.2) is 5.78 Å². The molecule has 0 saturated heterocycles. The number of carbonyl (C=O) groups is 1. The van der Waals surface area contributed by atoms with Crippen molar-refractivity contribution in [2.45, 2.75) is 0 Å². The van der Waals surface area contributed by atoms with Crippen LogP contribution < -0.4 is 0 Å². The Labute approximate surface area is 51.8 Å².